The smallest absolute Gasteiger partial charge is 0.336 e. The maximum absolute atomic E-state index is 12.4. The standard InChI is InChI=1S/C19H20ClNO5/c1-11-6-17-15(8-16(11)20)14(7-18(23)26-17)10-25-19(24)13-4-3-5-21(9-13)12(2)22/h6-8,13H,3-5,9-10H2,1-2H3. The fourth-order valence-electron chi connectivity index (χ4n) is 3.19. The number of hydrogen-bond acceptors (Lipinski definition) is 5. The Morgan fingerprint density at radius 3 is 2.85 bits per heavy atom. The van der Waals surface area contributed by atoms with Gasteiger partial charge >= 0.3 is 11.6 Å². The summed E-state index contributed by atoms with van der Waals surface area (Å²) in [5, 5.41) is 1.19. The number of carbonyl (C=O) groups excluding carboxylic acids is 2. The molecule has 138 valence electrons. The summed E-state index contributed by atoms with van der Waals surface area (Å²) in [6.45, 7) is 4.31. The Kier molecular flexibility index (Phi) is 5.32. The molecule has 26 heavy (non-hydrogen) atoms. The predicted octanol–water partition coefficient (Wildman–Crippen LogP) is 3.06. The quantitative estimate of drug-likeness (QED) is 0.607. The molecule has 1 atom stereocenters. The van der Waals surface area contributed by atoms with Gasteiger partial charge in [-0.1, -0.05) is 11.6 Å². The van der Waals surface area contributed by atoms with E-state index < -0.39 is 5.63 Å². The Morgan fingerprint density at radius 2 is 2.12 bits per heavy atom. The van der Waals surface area contributed by atoms with Crippen molar-refractivity contribution >= 4 is 34.4 Å². The van der Waals surface area contributed by atoms with Crippen molar-refractivity contribution in [2.75, 3.05) is 13.1 Å². The summed E-state index contributed by atoms with van der Waals surface area (Å²) in [4.78, 5) is 37.3. The zero-order valence-electron chi connectivity index (χ0n) is 14.7. The topological polar surface area (TPSA) is 76.8 Å². The third-order valence-electron chi connectivity index (χ3n) is 4.68. The van der Waals surface area contributed by atoms with Crippen LogP contribution in [0.4, 0.5) is 0 Å². The third kappa shape index (κ3) is 3.90. The molecule has 0 saturated carbocycles. The van der Waals surface area contributed by atoms with Crippen molar-refractivity contribution < 1.29 is 18.7 Å². The summed E-state index contributed by atoms with van der Waals surface area (Å²) in [6, 6.07) is 4.71. The minimum absolute atomic E-state index is 0.0424. The Morgan fingerprint density at radius 1 is 1.35 bits per heavy atom. The van der Waals surface area contributed by atoms with Crippen molar-refractivity contribution in [3.05, 3.63) is 44.8 Å². The predicted molar refractivity (Wildman–Crippen MR) is 97.0 cm³/mol. The molecule has 1 aromatic carbocycles. The van der Waals surface area contributed by atoms with Crippen LogP contribution >= 0.6 is 11.6 Å². The minimum Gasteiger partial charge on any atom is -0.461 e. The fourth-order valence-corrected chi connectivity index (χ4v) is 3.35. The number of aryl methyl sites for hydroxylation is 1. The van der Waals surface area contributed by atoms with Gasteiger partial charge in [0.05, 0.1) is 5.92 Å². The minimum atomic E-state index is -0.509. The highest BCUT2D eigenvalue weighted by atomic mass is 35.5. The van der Waals surface area contributed by atoms with E-state index in [0.29, 0.717) is 41.1 Å². The largest absolute Gasteiger partial charge is 0.461 e. The first-order valence-electron chi connectivity index (χ1n) is 8.50. The van der Waals surface area contributed by atoms with E-state index in [1.165, 1.54) is 13.0 Å². The first-order valence-corrected chi connectivity index (χ1v) is 8.88. The molecule has 1 saturated heterocycles. The van der Waals surface area contributed by atoms with Crippen molar-refractivity contribution in [3.8, 4) is 0 Å². The van der Waals surface area contributed by atoms with Crippen molar-refractivity contribution in [1.29, 1.82) is 0 Å². The number of rotatable bonds is 3. The molecule has 0 spiro atoms. The van der Waals surface area contributed by atoms with Crippen LogP contribution in [-0.2, 0) is 20.9 Å². The van der Waals surface area contributed by atoms with Crippen LogP contribution in [-0.4, -0.2) is 29.9 Å². The molecule has 1 amide bonds. The molecule has 1 unspecified atom stereocenters. The average molecular weight is 378 g/mol. The van der Waals surface area contributed by atoms with Crippen LogP contribution in [0, 0.1) is 12.8 Å². The third-order valence-corrected chi connectivity index (χ3v) is 5.09. The van der Waals surface area contributed by atoms with Gasteiger partial charge in [0.15, 0.2) is 0 Å². The Balaban J connectivity index is 1.77. The lowest BCUT2D eigenvalue weighted by atomic mass is 9.98. The van der Waals surface area contributed by atoms with Crippen LogP contribution < -0.4 is 5.63 Å². The molecule has 2 aromatic rings. The summed E-state index contributed by atoms with van der Waals surface area (Å²) >= 11 is 6.16. The summed E-state index contributed by atoms with van der Waals surface area (Å²) in [6.07, 6.45) is 1.46. The molecule has 1 fully saturated rings. The summed E-state index contributed by atoms with van der Waals surface area (Å²) in [7, 11) is 0. The number of likely N-dealkylation sites (tertiary alicyclic amines) is 1. The van der Waals surface area contributed by atoms with Crippen molar-refractivity contribution in [3.63, 3.8) is 0 Å². The first kappa shape index (κ1) is 18.5. The molecule has 0 N–H and O–H groups in total. The molecule has 1 aromatic heterocycles. The molecule has 7 heteroatoms. The molecule has 3 rings (SSSR count). The monoisotopic (exact) mass is 377 g/mol. The highest BCUT2D eigenvalue weighted by Gasteiger charge is 2.28. The van der Waals surface area contributed by atoms with E-state index in [1.807, 2.05) is 6.92 Å². The molecule has 1 aliphatic heterocycles. The lowest BCUT2D eigenvalue weighted by Crippen LogP contribution is -2.41. The zero-order valence-corrected chi connectivity index (χ0v) is 15.5. The SMILES string of the molecule is CC(=O)N1CCCC(C(=O)OCc2cc(=O)oc3cc(C)c(Cl)cc23)C1. The van der Waals surface area contributed by atoms with E-state index in [1.54, 1.807) is 17.0 Å². The summed E-state index contributed by atoms with van der Waals surface area (Å²) < 4.78 is 10.6. The van der Waals surface area contributed by atoms with E-state index >= 15 is 0 Å². The van der Waals surface area contributed by atoms with Gasteiger partial charge in [-0.25, -0.2) is 4.79 Å². The Labute approximate surface area is 155 Å². The number of nitrogens with zero attached hydrogens (tertiary/aromatic N) is 1. The normalized spacial score (nSPS) is 17.3. The van der Waals surface area contributed by atoms with Crippen molar-refractivity contribution in [2.24, 2.45) is 5.92 Å². The van der Waals surface area contributed by atoms with Crippen molar-refractivity contribution in [1.82, 2.24) is 4.90 Å². The van der Waals surface area contributed by atoms with Crippen LogP contribution in [0.2, 0.25) is 5.02 Å². The maximum atomic E-state index is 12.4. The number of fused-ring (bicyclic) bond motifs is 1. The van der Waals surface area contributed by atoms with Crippen LogP contribution in [0.25, 0.3) is 11.0 Å². The number of amides is 1. The molecule has 6 nitrogen and oxygen atoms in total. The Bertz CT molecular complexity index is 920. The van der Waals surface area contributed by atoms with Crippen LogP contribution in [0.15, 0.2) is 27.4 Å². The van der Waals surface area contributed by atoms with E-state index in [-0.39, 0.29) is 24.4 Å². The average Bonchev–Trinajstić information content (AvgIpc) is 2.61. The molecule has 0 radical (unpaired) electrons. The second-order valence-corrected chi connectivity index (χ2v) is 7.01. The number of carbonyl (C=O) groups is 2. The lowest BCUT2D eigenvalue weighted by molar-refractivity contribution is -0.152. The molecule has 0 aliphatic carbocycles. The Hall–Kier alpha value is -2.34. The van der Waals surface area contributed by atoms with E-state index in [9.17, 15) is 14.4 Å². The van der Waals surface area contributed by atoms with Gasteiger partial charge in [0.25, 0.3) is 0 Å². The van der Waals surface area contributed by atoms with E-state index in [0.717, 1.165) is 12.0 Å². The van der Waals surface area contributed by atoms with Gasteiger partial charge in [-0.3, -0.25) is 9.59 Å². The van der Waals surface area contributed by atoms with Gasteiger partial charge in [0, 0.05) is 42.1 Å². The second kappa shape index (κ2) is 7.50. The zero-order chi connectivity index (χ0) is 18.8. The van der Waals surface area contributed by atoms with Crippen LogP contribution in [0.5, 0.6) is 0 Å². The fraction of sp³-hybridized carbons (Fsp3) is 0.421. The molecule has 2 heterocycles. The van der Waals surface area contributed by atoms with Gasteiger partial charge in [0.2, 0.25) is 5.91 Å². The van der Waals surface area contributed by atoms with Gasteiger partial charge < -0.3 is 14.1 Å². The maximum Gasteiger partial charge on any atom is 0.336 e. The first-order chi connectivity index (χ1) is 12.3. The van der Waals surface area contributed by atoms with Gasteiger partial charge in [-0.15, -0.1) is 0 Å². The van der Waals surface area contributed by atoms with Gasteiger partial charge in [0.1, 0.15) is 12.2 Å². The molecular formula is C19H20ClNO5. The number of benzene rings is 1. The highest BCUT2D eigenvalue weighted by molar-refractivity contribution is 6.32. The van der Waals surface area contributed by atoms with Crippen LogP contribution in [0.3, 0.4) is 0 Å². The van der Waals surface area contributed by atoms with E-state index in [2.05, 4.69) is 0 Å². The summed E-state index contributed by atoms with van der Waals surface area (Å²) in [5.41, 5.74) is 1.24. The number of esters is 1. The van der Waals surface area contributed by atoms with Gasteiger partial charge in [-0.05, 0) is 37.5 Å². The number of halogens is 1. The molecular weight excluding hydrogens is 358 g/mol. The number of ether oxygens (including phenoxy) is 1. The van der Waals surface area contributed by atoms with Gasteiger partial charge in [-0.2, -0.15) is 0 Å². The van der Waals surface area contributed by atoms with Crippen LogP contribution in [0.1, 0.15) is 30.9 Å². The highest BCUT2D eigenvalue weighted by Crippen LogP contribution is 2.26. The van der Waals surface area contributed by atoms with E-state index in [4.69, 9.17) is 20.8 Å². The molecule has 1 aliphatic rings. The number of piperidine rings is 1. The summed E-state index contributed by atoms with van der Waals surface area (Å²) in [5.74, 6) is -0.750. The molecule has 0 bridgehead atoms. The second-order valence-electron chi connectivity index (χ2n) is 6.60. The number of hydrogen-bond donors (Lipinski definition) is 0. The van der Waals surface area contributed by atoms with Crippen molar-refractivity contribution in [2.45, 2.75) is 33.3 Å². The lowest BCUT2D eigenvalue weighted by Gasteiger charge is -2.30.